The van der Waals surface area contributed by atoms with Gasteiger partial charge in [0.2, 0.25) is 5.91 Å². The summed E-state index contributed by atoms with van der Waals surface area (Å²) in [5, 5.41) is 30.4. The molecule has 2 aromatic rings. The van der Waals surface area contributed by atoms with Gasteiger partial charge in [-0.25, -0.2) is 4.98 Å². The van der Waals surface area contributed by atoms with Gasteiger partial charge in [0.25, 0.3) is 6.47 Å². The Morgan fingerprint density at radius 1 is 1.25 bits per heavy atom. The molecule has 3 rings (SSSR count). The summed E-state index contributed by atoms with van der Waals surface area (Å²) in [6, 6.07) is 14.7. The highest BCUT2D eigenvalue weighted by Crippen LogP contribution is 2.34. The van der Waals surface area contributed by atoms with E-state index >= 15 is 0 Å². The van der Waals surface area contributed by atoms with Crippen LogP contribution in [0.1, 0.15) is 55.9 Å². The van der Waals surface area contributed by atoms with Gasteiger partial charge in [-0.1, -0.05) is 37.3 Å². The number of aromatic nitrogens is 1. The fraction of sp³-hybridized carbons (Fsp3) is 0.423. The van der Waals surface area contributed by atoms with Crippen molar-refractivity contribution in [1.82, 2.24) is 10.3 Å². The second kappa shape index (κ2) is 13.5. The number of pyridine rings is 1. The van der Waals surface area contributed by atoms with Gasteiger partial charge in [-0.3, -0.25) is 9.59 Å². The molecular weight excluding hydrogens is 476 g/mol. The van der Waals surface area contributed by atoms with Gasteiger partial charge >= 0.3 is 0 Å². The van der Waals surface area contributed by atoms with Crippen LogP contribution in [0.2, 0.25) is 0 Å². The molecule has 10 heteroatoms. The van der Waals surface area contributed by atoms with Crippen LogP contribution >= 0.6 is 11.8 Å². The first-order valence-electron chi connectivity index (χ1n) is 11.7. The molecular formula is C26H32N6O3S. The van der Waals surface area contributed by atoms with Crippen molar-refractivity contribution in [2.45, 2.75) is 62.4 Å². The third-order valence-electron chi connectivity index (χ3n) is 5.76. The zero-order chi connectivity index (χ0) is 26.7. The number of piperidine rings is 1. The normalized spacial score (nSPS) is 13.6. The molecule has 190 valence electrons. The Morgan fingerprint density at radius 3 is 2.33 bits per heavy atom. The average molecular weight is 509 g/mol. The lowest BCUT2D eigenvalue weighted by atomic mass is 9.99. The summed E-state index contributed by atoms with van der Waals surface area (Å²) in [7, 11) is 0. The highest BCUT2D eigenvalue weighted by Gasteiger charge is 2.29. The van der Waals surface area contributed by atoms with Crippen LogP contribution in [0.5, 0.6) is 0 Å². The van der Waals surface area contributed by atoms with E-state index in [-0.39, 0.29) is 18.4 Å². The highest BCUT2D eigenvalue weighted by atomic mass is 32.2. The number of hydrogen-bond donors (Lipinski definition) is 3. The minimum absolute atomic E-state index is 0.0399. The first kappa shape index (κ1) is 28.6. The third kappa shape index (κ3) is 7.45. The molecule has 0 unspecified atom stereocenters. The number of amides is 1. The Morgan fingerprint density at radius 2 is 1.83 bits per heavy atom. The summed E-state index contributed by atoms with van der Waals surface area (Å²) in [5.74, 6) is 1.16. The van der Waals surface area contributed by atoms with Crippen LogP contribution in [-0.2, 0) is 21.8 Å². The lowest BCUT2D eigenvalue weighted by Gasteiger charge is -2.35. The Labute approximate surface area is 216 Å². The molecule has 1 fully saturated rings. The zero-order valence-electron chi connectivity index (χ0n) is 20.8. The van der Waals surface area contributed by atoms with Crippen molar-refractivity contribution in [3.05, 3.63) is 52.6 Å². The molecule has 1 saturated heterocycles. The van der Waals surface area contributed by atoms with Crippen LogP contribution in [0.4, 0.5) is 5.82 Å². The molecule has 0 bridgehead atoms. The highest BCUT2D eigenvalue weighted by molar-refractivity contribution is 7.98. The maximum absolute atomic E-state index is 12.2. The lowest BCUT2D eigenvalue weighted by molar-refractivity contribution is -0.126. The van der Waals surface area contributed by atoms with E-state index in [2.05, 4.69) is 22.4 Å². The standard InChI is InChI=1S/C25H30N6OS.CH2O2/c1-4-19-20(14-26)22(31-12-10-18(11-13-31)29-24(32)25(2,3)28)30-23(21(19)15-27)33-16-17-8-6-5-7-9-17;2-1-3/h5-9,18H,4,10-13,16,28H2,1-3H3,(H,29,32);1H,(H,2,3). The summed E-state index contributed by atoms with van der Waals surface area (Å²) < 4.78 is 0. The van der Waals surface area contributed by atoms with E-state index in [4.69, 9.17) is 20.6 Å². The Bertz CT molecular complexity index is 1130. The van der Waals surface area contributed by atoms with Crippen molar-refractivity contribution >= 4 is 30.0 Å². The minimum atomic E-state index is -0.916. The maximum atomic E-state index is 12.2. The number of carbonyl (C=O) groups excluding carboxylic acids is 1. The first-order chi connectivity index (χ1) is 17.2. The second-order valence-corrected chi connectivity index (χ2v) is 9.85. The molecule has 1 aliphatic rings. The molecule has 0 atom stereocenters. The molecule has 0 spiro atoms. The number of benzene rings is 1. The quantitative estimate of drug-likeness (QED) is 0.377. The predicted molar refractivity (Wildman–Crippen MR) is 139 cm³/mol. The summed E-state index contributed by atoms with van der Waals surface area (Å²) in [6.07, 6.45) is 2.06. The van der Waals surface area contributed by atoms with Gasteiger partial charge in [0, 0.05) is 24.9 Å². The van der Waals surface area contributed by atoms with Gasteiger partial charge < -0.3 is 21.1 Å². The molecule has 1 aliphatic heterocycles. The number of carboxylic acid groups (broad SMARTS) is 1. The summed E-state index contributed by atoms with van der Waals surface area (Å²) >= 11 is 1.52. The van der Waals surface area contributed by atoms with Crippen LogP contribution < -0.4 is 16.0 Å². The molecule has 4 N–H and O–H groups in total. The monoisotopic (exact) mass is 508 g/mol. The number of hydrogen-bond acceptors (Lipinski definition) is 8. The first-order valence-corrected chi connectivity index (χ1v) is 12.6. The van der Waals surface area contributed by atoms with E-state index in [1.807, 2.05) is 37.3 Å². The topological polar surface area (TPSA) is 156 Å². The number of nitrogens with two attached hydrogens (primary N) is 1. The van der Waals surface area contributed by atoms with Crippen molar-refractivity contribution in [1.29, 1.82) is 10.5 Å². The van der Waals surface area contributed by atoms with Gasteiger partial charge in [-0.2, -0.15) is 10.5 Å². The fourth-order valence-electron chi connectivity index (χ4n) is 3.85. The summed E-state index contributed by atoms with van der Waals surface area (Å²) in [6.45, 7) is 6.42. The molecule has 0 aliphatic carbocycles. The van der Waals surface area contributed by atoms with Crippen molar-refractivity contribution in [2.24, 2.45) is 5.73 Å². The third-order valence-corrected chi connectivity index (χ3v) is 6.81. The van der Waals surface area contributed by atoms with Crippen LogP contribution in [0.15, 0.2) is 35.4 Å². The minimum Gasteiger partial charge on any atom is -0.483 e. The number of nitrogens with zero attached hydrogens (tertiary/aromatic N) is 4. The predicted octanol–water partition coefficient (Wildman–Crippen LogP) is 3.20. The molecule has 0 radical (unpaired) electrons. The van der Waals surface area contributed by atoms with E-state index in [9.17, 15) is 15.3 Å². The van der Waals surface area contributed by atoms with Crippen LogP contribution in [0.25, 0.3) is 0 Å². The number of anilines is 1. The van der Waals surface area contributed by atoms with Gasteiger partial charge in [0.15, 0.2) is 0 Å². The average Bonchev–Trinajstić information content (AvgIpc) is 2.87. The molecule has 1 amide bonds. The van der Waals surface area contributed by atoms with E-state index < -0.39 is 5.54 Å². The van der Waals surface area contributed by atoms with Crippen molar-refractivity contribution < 1.29 is 14.7 Å². The van der Waals surface area contributed by atoms with E-state index in [0.29, 0.717) is 47.2 Å². The van der Waals surface area contributed by atoms with Gasteiger partial charge in [-0.15, -0.1) is 11.8 Å². The molecule has 36 heavy (non-hydrogen) atoms. The van der Waals surface area contributed by atoms with Gasteiger partial charge in [0.05, 0.1) is 16.7 Å². The molecule has 1 aromatic heterocycles. The Balaban J connectivity index is 0.00000145. The number of thioether (sulfide) groups is 1. The van der Waals surface area contributed by atoms with E-state index in [0.717, 1.165) is 24.0 Å². The van der Waals surface area contributed by atoms with Crippen LogP contribution in [0.3, 0.4) is 0 Å². The largest absolute Gasteiger partial charge is 0.483 e. The molecule has 1 aromatic carbocycles. The molecule has 9 nitrogen and oxygen atoms in total. The van der Waals surface area contributed by atoms with E-state index in [1.54, 1.807) is 13.8 Å². The van der Waals surface area contributed by atoms with E-state index in [1.165, 1.54) is 11.8 Å². The molecule has 2 heterocycles. The maximum Gasteiger partial charge on any atom is 0.290 e. The lowest BCUT2D eigenvalue weighted by Crippen LogP contribution is -2.54. The number of nitriles is 2. The number of carbonyl (C=O) groups is 2. The molecule has 0 saturated carbocycles. The van der Waals surface area contributed by atoms with Crippen LogP contribution in [-0.4, -0.2) is 47.1 Å². The number of nitrogens with one attached hydrogen (secondary N) is 1. The zero-order valence-corrected chi connectivity index (χ0v) is 21.6. The van der Waals surface area contributed by atoms with Crippen molar-refractivity contribution in [2.75, 3.05) is 18.0 Å². The summed E-state index contributed by atoms with van der Waals surface area (Å²) in [5.41, 5.74) is 7.85. The van der Waals surface area contributed by atoms with Gasteiger partial charge in [0.1, 0.15) is 23.0 Å². The number of rotatable bonds is 7. The second-order valence-electron chi connectivity index (χ2n) is 8.88. The Kier molecular flexibility index (Phi) is 10.7. The smallest absolute Gasteiger partial charge is 0.290 e. The fourth-order valence-corrected chi connectivity index (χ4v) is 4.81. The van der Waals surface area contributed by atoms with Crippen LogP contribution in [0, 0.1) is 22.7 Å². The Hall–Kier alpha value is -3.60. The van der Waals surface area contributed by atoms with Crippen molar-refractivity contribution in [3.63, 3.8) is 0 Å². The SMILES string of the molecule is CCc1c(C#N)c(SCc2ccccc2)nc(N2CCC(NC(=O)C(C)(C)N)CC2)c1C#N.O=CO. The summed E-state index contributed by atoms with van der Waals surface area (Å²) in [4.78, 5) is 27.5. The van der Waals surface area contributed by atoms with Gasteiger partial charge in [-0.05, 0) is 44.2 Å². The van der Waals surface area contributed by atoms with Crippen molar-refractivity contribution in [3.8, 4) is 12.1 Å².